The normalized spacial score (nSPS) is 18.8. The lowest BCUT2D eigenvalue weighted by Gasteiger charge is -2.35. The van der Waals surface area contributed by atoms with Crippen molar-refractivity contribution in [1.29, 1.82) is 5.26 Å². The molecule has 0 saturated carbocycles. The van der Waals surface area contributed by atoms with Crippen LogP contribution in [0.2, 0.25) is 0 Å². The van der Waals surface area contributed by atoms with Crippen LogP contribution in [-0.2, 0) is 22.6 Å². The van der Waals surface area contributed by atoms with Crippen molar-refractivity contribution in [2.75, 3.05) is 31.6 Å². The summed E-state index contributed by atoms with van der Waals surface area (Å²) in [6.45, 7) is 12.1. The molecule has 0 radical (unpaired) electrons. The fourth-order valence-corrected chi connectivity index (χ4v) is 5.30. The molecule has 0 spiro atoms. The maximum atomic E-state index is 13.5. The minimum absolute atomic E-state index is 0.0746. The van der Waals surface area contributed by atoms with Crippen LogP contribution in [0.5, 0.6) is 0 Å². The number of carbonyl (C=O) groups excluding carboxylic acids is 2. The zero-order chi connectivity index (χ0) is 29.2. The molecule has 2 N–H and O–H groups in total. The largest absolute Gasteiger partial charge is 0.379 e. The molecule has 4 heterocycles. The minimum atomic E-state index is -0.462. The van der Waals surface area contributed by atoms with Crippen LogP contribution >= 0.6 is 0 Å². The van der Waals surface area contributed by atoms with E-state index < -0.39 is 5.91 Å². The van der Waals surface area contributed by atoms with Gasteiger partial charge in [-0.3, -0.25) is 14.9 Å². The number of carbonyl (C=O) groups is 2. The topological polar surface area (TPSA) is 138 Å². The van der Waals surface area contributed by atoms with Gasteiger partial charge in [-0.15, -0.1) is 0 Å². The van der Waals surface area contributed by atoms with Gasteiger partial charge in [0.25, 0.3) is 11.8 Å². The summed E-state index contributed by atoms with van der Waals surface area (Å²) in [6.07, 6.45) is 4.76. The molecule has 11 nitrogen and oxygen atoms in total. The molecule has 1 aromatic carbocycles. The molecular formula is C30H37N7O4. The molecule has 0 unspecified atom stereocenters. The fourth-order valence-electron chi connectivity index (χ4n) is 5.30. The highest BCUT2D eigenvalue weighted by Gasteiger charge is 2.36. The van der Waals surface area contributed by atoms with Crippen LogP contribution in [0.25, 0.3) is 11.0 Å². The number of rotatable bonds is 9. The summed E-state index contributed by atoms with van der Waals surface area (Å²) >= 11 is 0. The first-order chi connectivity index (χ1) is 19.5. The summed E-state index contributed by atoms with van der Waals surface area (Å²) in [4.78, 5) is 32.9. The molecule has 2 aliphatic heterocycles. The Hall–Kier alpha value is -4.01. The summed E-state index contributed by atoms with van der Waals surface area (Å²) in [5.41, 5.74) is 2.66. The van der Waals surface area contributed by atoms with Crippen molar-refractivity contribution in [2.45, 2.75) is 59.7 Å². The molecule has 5 rings (SSSR count). The van der Waals surface area contributed by atoms with E-state index in [1.54, 1.807) is 11.0 Å². The molecule has 0 bridgehead atoms. The number of benzene rings is 1. The number of imidazole rings is 1. The second kappa shape index (κ2) is 11.5. The van der Waals surface area contributed by atoms with E-state index in [0.29, 0.717) is 38.8 Å². The van der Waals surface area contributed by atoms with Crippen molar-refractivity contribution in [3.63, 3.8) is 0 Å². The third-order valence-corrected chi connectivity index (χ3v) is 7.42. The Morgan fingerprint density at radius 2 is 2.07 bits per heavy atom. The monoisotopic (exact) mass is 559 g/mol. The zero-order valence-corrected chi connectivity index (χ0v) is 24.1. The number of anilines is 1. The van der Waals surface area contributed by atoms with Gasteiger partial charge >= 0.3 is 0 Å². The Labute approximate surface area is 239 Å². The highest BCUT2D eigenvalue weighted by molar-refractivity contribution is 6.02. The van der Waals surface area contributed by atoms with Gasteiger partial charge in [0.2, 0.25) is 11.7 Å². The predicted molar refractivity (Wildman–Crippen MR) is 153 cm³/mol. The van der Waals surface area contributed by atoms with Gasteiger partial charge in [-0.1, -0.05) is 45.0 Å². The van der Waals surface area contributed by atoms with Gasteiger partial charge in [0.05, 0.1) is 36.5 Å². The average Bonchev–Trinajstić information content (AvgIpc) is 3.66. The van der Waals surface area contributed by atoms with Crippen LogP contribution in [-0.4, -0.2) is 63.8 Å². The number of nitrogens with one attached hydrogen (secondary N) is 2. The number of hydrogen-bond donors (Lipinski definition) is 2. The van der Waals surface area contributed by atoms with Crippen LogP contribution in [0.15, 0.2) is 46.6 Å². The highest BCUT2D eigenvalue weighted by atomic mass is 16.5. The van der Waals surface area contributed by atoms with Gasteiger partial charge in [-0.2, -0.15) is 5.26 Å². The van der Waals surface area contributed by atoms with Crippen molar-refractivity contribution in [3.8, 4) is 6.07 Å². The second-order valence-corrected chi connectivity index (χ2v) is 12.5. The molecule has 2 amide bonds. The molecule has 1 atom stereocenters. The molecular weight excluding hydrogens is 522 g/mol. The summed E-state index contributed by atoms with van der Waals surface area (Å²) < 4.78 is 12.3. The Bertz CT molecular complexity index is 1490. The van der Waals surface area contributed by atoms with Crippen LogP contribution in [0.3, 0.4) is 0 Å². The first kappa shape index (κ1) is 28.5. The lowest BCUT2D eigenvalue weighted by molar-refractivity contribution is -0.128. The number of nitriles is 1. The smallest absolute Gasteiger partial charge is 0.296 e. The average molecular weight is 560 g/mol. The SMILES string of the molecule is CC(C)(C)CNCc1ccc2c(c1)nc(NC(=O)c1ccno1)n2C[C@H]1CCCN1C(=O)/C(C#N)=C/C1(C)COC1. The standard InChI is InChI=1S/C30H37N7O4/c1-29(2,3)17-32-15-20-7-8-24-23(12-20)34-28(35-26(38)25-9-10-33-41-25)37(24)16-22-6-5-11-36(22)27(39)21(14-31)13-30(4)18-40-19-30/h7-10,12-13,22,32H,5-6,11,15-19H2,1-4H3,(H,34,35,38)/b21-13+/t22-/m1/s1. The van der Waals surface area contributed by atoms with E-state index in [2.05, 4.69) is 42.6 Å². The lowest BCUT2D eigenvalue weighted by Crippen LogP contribution is -2.41. The number of fused-ring (bicyclic) bond motifs is 1. The lowest BCUT2D eigenvalue weighted by atomic mass is 9.86. The molecule has 216 valence electrons. The number of ether oxygens (including phenoxy) is 1. The van der Waals surface area contributed by atoms with E-state index in [-0.39, 0.29) is 34.1 Å². The number of amides is 2. The fraction of sp³-hybridized carbons (Fsp3) is 0.500. The van der Waals surface area contributed by atoms with E-state index in [1.165, 1.54) is 12.3 Å². The van der Waals surface area contributed by atoms with Crippen molar-refractivity contribution in [3.05, 3.63) is 53.4 Å². The Morgan fingerprint density at radius 3 is 2.73 bits per heavy atom. The maximum Gasteiger partial charge on any atom is 0.296 e. The third kappa shape index (κ3) is 6.50. The molecule has 11 heteroatoms. The molecule has 41 heavy (non-hydrogen) atoms. The number of likely N-dealkylation sites (tertiary alicyclic amines) is 1. The van der Waals surface area contributed by atoms with E-state index in [9.17, 15) is 14.9 Å². The quantitative estimate of drug-likeness (QED) is 0.297. The van der Waals surface area contributed by atoms with E-state index in [1.807, 2.05) is 29.7 Å². The Kier molecular flexibility index (Phi) is 7.98. The van der Waals surface area contributed by atoms with Crippen LogP contribution in [0, 0.1) is 22.2 Å². The number of hydrogen-bond acceptors (Lipinski definition) is 8. The van der Waals surface area contributed by atoms with Gasteiger partial charge in [0.15, 0.2) is 0 Å². The summed E-state index contributed by atoms with van der Waals surface area (Å²) in [5.74, 6) is -0.301. The van der Waals surface area contributed by atoms with Gasteiger partial charge in [-0.25, -0.2) is 4.98 Å². The minimum Gasteiger partial charge on any atom is -0.379 e. The number of nitrogens with zero attached hydrogens (tertiary/aromatic N) is 5. The zero-order valence-electron chi connectivity index (χ0n) is 24.1. The first-order valence-corrected chi connectivity index (χ1v) is 14.0. The van der Waals surface area contributed by atoms with Crippen molar-refractivity contribution < 1.29 is 18.8 Å². The Morgan fingerprint density at radius 1 is 1.27 bits per heavy atom. The molecule has 2 aromatic heterocycles. The van der Waals surface area contributed by atoms with Crippen LogP contribution in [0.4, 0.5) is 5.95 Å². The van der Waals surface area contributed by atoms with Crippen LogP contribution in [0.1, 0.15) is 56.7 Å². The van der Waals surface area contributed by atoms with E-state index in [0.717, 1.165) is 36.0 Å². The third-order valence-electron chi connectivity index (χ3n) is 7.42. The van der Waals surface area contributed by atoms with Crippen molar-refractivity contribution in [1.82, 2.24) is 24.9 Å². The molecule has 2 saturated heterocycles. The second-order valence-electron chi connectivity index (χ2n) is 12.5. The van der Waals surface area contributed by atoms with E-state index in [4.69, 9.17) is 14.2 Å². The molecule has 3 aromatic rings. The molecule has 0 aliphatic carbocycles. The number of aromatic nitrogens is 3. The summed E-state index contributed by atoms with van der Waals surface area (Å²) in [7, 11) is 0. The maximum absolute atomic E-state index is 13.5. The first-order valence-electron chi connectivity index (χ1n) is 14.0. The van der Waals surface area contributed by atoms with E-state index >= 15 is 0 Å². The van der Waals surface area contributed by atoms with Gasteiger partial charge < -0.3 is 24.0 Å². The predicted octanol–water partition coefficient (Wildman–Crippen LogP) is 3.89. The van der Waals surface area contributed by atoms with Gasteiger partial charge in [-0.05, 0) is 36.0 Å². The van der Waals surface area contributed by atoms with Gasteiger partial charge in [0, 0.05) is 37.7 Å². The van der Waals surface area contributed by atoms with Crippen molar-refractivity contribution >= 4 is 28.8 Å². The highest BCUT2D eigenvalue weighted by Crippen LogP contribution is 2.31. The molecule has 2 aliphatic rings. The van der Waals surface area contributed by atoms with Crippen molar-refractivity contribution in [2.24, 2.45) is 10.8 Å². The van der Waals surface area contributed by atoms with Gasteiger partial charge in [0.1, 0.15) is 11.6 Å². The summed E-state index contributed by atoms with van der Waals surface area (Å²) in [6, 6.07) is 9.50. The molecule has 2 fully saturated rings. The summed E-state index contributed by atoms with van der Waals surface area (Å²) in [5, 5.41) is 19.8. The van der Waals surface area contributed by atoms with Crippen LogP contribution < -0.4 is 10.6 Å². The Balaban J connectivity index is 1.42.